The van der Waals surface area contributed by atoms with Crippen LogP contribution in [0.1, 0.15) is 34.4 Å². The van der Waals surface area contributed by atoms with Gasteiger partial charge >= 0.3 is 0 Å². The summed E-state index contributed by atoms with van der Waals surface area (Å²) in [6.45, 7) is 4.52. The number of nitrogens with one attached hydrogen (secondary N) is 1. The molecular weight excluding hydrogens is 478 g/mol. The van der Waals surface area contributed by atoms with Crippen molar-refractivity contribution in [3.63, 3.8) is 0 Å². The van der Waals surface area contributed by atoms with Crippen molar-refractivity contribution in [2.75, 3.05) is 18.4 Å². The van der Waals surface area contributed by atoms with Crippen LogP contribution in [-0.4, -0.2) is 36.7 Å². The lowest BCUT2D eigenvalue weighted by molar-refractivity contribution is -0.120. The summed E-state index contributed by atoms with van der Waals surface area (Å²) in [6, 6.07) is 12.9. The summed E-state index contributed by atoms with van der Waals surface area (Å²) < 4.78 is 27.5. The van der Waals surface area contributed by atoms with Crippen LogP contribution in [0.5, 0.6) is 0 Å². The molecule has 1 saturated heterocycles. The number of sulfonamides is 1. The first-order chi connectivity index (χ1) is 15.7. The summed E-state index contributed by atoms with van der Waals surface area (Å²) in [4.78, 5) is 18.4. The third-order valence-corrected chi connectivity index (χ3v) is 9.08. The number of piperidine rings is 1. The molecule has 0 unspecified atom stereocenters. The van der Waals surface area contributed by atoms with Gasteiger partial charge in [0.15, 0.2) is 5.13 Å². The van der Waals surface area contributed by atoms with Gasteiger partial charge in [0.25, 0.3) is 0 Å². The maximum absolute atomic E-state index is 13.0. The van der Waals surface area contributed by atoms with E-state index in [-0.39, 0.29) is 11.8 Å². The number of hydrogen-bond acceptors (Lipinski definition) is 5. The molecule has 0 bridgehead atoms. The number of thiazole rings is 1. The molecule has 2 aromatic carbocycles. The van der Waals surface area contributed by atoms with Gasteiger partial charge in [-0.1, -0.05) is 29.8 Å². The van der Waals surface area contributed by atoms with E-state index in [4.69, 9.17) is 11.6 Å². The zero-order valence-corrected chi connectivity index (χ0v) is 20.9. The number of aromatic nitrogens is 1. The summed E-state index contributed by atoms with van der Waals surface area (Å²) >= 11 is 7.38. The van der Waals surface area contributed by atoms with Crippen LogP contribution < -0.4 is 5.32 Å². The van der Waals surface area contributed by atoms with Crippen molar-refractivity contribution in [1.82, 2.24) is 9.29 Å². The van der Waals surface area contributed by atoms with Gasteiger partial charge in [0.1, 0.15) is 0 Å². The average Bonchev–Trinajstić information content (AvgIpc) is 3.23. The number of aryl methyl sites for hydroxylation is 2. The van der Waals surface area contributed by atoms with E-state index in [2.05, 4.69) is 10.3 Å². The minimum absolute atomic E-state index is 0.106. The van der Waals surface area contributed by atoms with E-state index < -0.39 is 10.0 Å². The van der Waals surface area contributed by atoms with E-state index in [1.165, 1.54) is 15.6 Å². The Morgan fingerprint density at radius 1 is 1.12 bits per heavy atom. The zero-order chi connectivity index (χ0) is 23.6. The van der Waals surface area contributed by atoms with Gasteiger partial charge in [0.2, 0.25) is 15.9 Å². The predicted octanol–water partition coefficient (Wildman–Crippen LogP) is 5.04. The van der Waals surface area contributed by atoms with Crippen molar-refractivity contribution in [2.45, 2.75) is 38.0 Å². The van der Waals surface area contributed by atoms with Gasteiger partial charge in [-0.25, -0.2) is 13.4 Å². The number of benzene rings is 2. The first-order valence-corrected chi connectivity index (χ1v) is 13.4. The monoisotopic (exact) mass is 503 g/mol. The second-order valence-electron chi connectivity index (χ2n) is 8.35. The Bertz CT molecular complexity index is 1250. The van der Waals surface area contributed by atoms with Crippen LogP contribution in [0.3, 0.4) is 0 Å². The summed E-state index contributed by atoms with van der Waals surface area (Å²) in [5.41, 5.74) is 3.13. The molecule has 1 aliphatic rings. The molecule has 1 amide bonds. The minimum Gasteiger partial charge on any atom is -0.302 e. The van der Waals surface area contributed by atoms with Crippen LogP contribution in [0, 0.1) is 19.8 Å². The molecule has 6 nitrogen and oxygen atoms in total. The van der Waals surface area contributed by atoms with Crippen LogP contribution >= 0.6 is 22.9 Å². The highest BCUT2D eigenvalue weighted by Crippen LogP contribution is 2.27. The van der Waals surface area contributed by atoms with Gasteiger partial charge in [-0.15, -0.1) is 11.3 Å². The first kappa shape index (κ1) is 23.9. The molecule has 174 valence electrons. The van der Waals surface area contributed by atoms with Gasteiger partial charge < -0.3 is 5.32 Å². The smallest absolute Gasteiger partial charge is 0.243 e. The molecular formula is C24H26ClN3O3S2. The number of nitrogens with zero attached hydrogens (tertiary/aromatic N) is 2. The van der Waals surface area contributed by atoms with Crippen molar-refractivity contribution < 1.29 is 13.2 Å². The molecule has 3 aromatic rings. The summed E-state index contributed by atoms with van der Waals surface area (Å²) in [6.07, 6.45) is 3.46. The number of amides is 1. The molecule has 33 heavy (non-hydrogen) atoms. The zero-order valence-electron chi connectivity index (χ0n) is 18.5. The molecule has 1 fully saturated rings. The quantitative estimate of drug-likeness (QED) is 0.511. The molecule has 0 radical (unpaired) electrons. The van der Waals surface area contributed by atoms with E-state index >= 15 is 0 Å². The Hall–Kier alpha value is -2.26. The van der Waals surface area contributed by atoms with Crippen molar-refractivity contribution in [3.8, 4) is 0 Å². The number of halogens is 1. The van der Waals surface area contributed by atoms with Crippen molar-refractivity contribution >= 4 is 44.0 Å². The SMILES string of the molecule is Cc1ccc(S(=O)(=O)N2CCC(C(=O)Nc3ncc(Cc4ccc(Cl)cc4)s3)CC2)cc1C. The number of carbonyl (C=O) groups is 1. The van der Waals surface area contributed by atoms with Crippen LogP contribution in [0.25, 0.3) is 0 Å². The highest BCUT2D eigenvalue weighted by molar-refractivity contribution is 7.89. The minimum atomic E-state index is -3.56. The third kappa shape index (κ3) is 5.63. The Morgan fingerprint density at radius 3 is 2.48 bits per heavy atom. The van der Waals surface area contributed by atoms with Crippen LogP contribution in [0.15, 0.2) is 53.6 Å². The van der Waals surface area contributed by atoms with Crippen LogP contribution in [-0.2, 0) is 21.2 Å². The van der Waals surface area contributed by atoms with Crippen molar-refractivity contribution in [3.05, 3.63) is 75.3 Å². The topological polar surface area (TPSA) is 79.4 Å². The molecule has 0 saturated carbocycles. The number of rotatable bonds is 6. The Kier molecular flexibility index (Phi) is 7.19. The van der Waals surface area contributed by atoms with E-state index in [1.54, 1.807) is 18.3 Å². The highest BCUT2D eigenvalue weighted by Gasteiger charge is 2.32. The second-order valence-corrected chi connectivity index (χ2v) is 11.8. The molecule has 1 N–H and O–H groups in total. The summed E-state index contributed by atoms with van der Waals surface area (Å²) in [5.74, 6) is -0.342. The fourth-order valence-corrected chi connectivity index (χ4v) is 6.37. The normalized spacial score (nSPS) is 15.5. The maximum atomic E-state index is 13.0. The molecule has 0 spiro atoms. The van der Waals surface area contributed by atoms with E-state index in [1.807, 2.05) is 44.2 Å². The Balaban J connectivity index is 1.32. The van der Waals surface area contributed by atoms with Gasteiger partial charge in [0, 0.05) is 41.5 Å². The van der Waals surface area contributed by atoms with E-state index in [0.717, 1.165) is 28.0 Å². The standard InChI is InChI=1S/C24H26ClN3O3S2/c1-16-3-8-22(13-17(16)2)33(30,31)28-11-9-19(10-12-28)23(29)27-24-26-15-21(32-24)14-18-4-6-20(25)7-5-18/h3-8,13,15,19H,9-12,14H2,1-2H3,(H,26,27,29). The molecule has 2 heterocycles. The fraction of sp³-hybridized carbons (Fsp3) is 0.333. The fourth-order valence-electron chi connectivity index (χ4n) is 3.84. The Labute approximate surface area is 203 Å². The predicted molar refractivity (Wildman–Crippen MR) is 132 cm³/mol. The molecule has 1 aliphatic heterocycles. The van der Waals surface area contributed by atoms with Crippen LogP contribution in [0.2, 0.25) is 5.02 Å². The lowest BCUT2D eigenvalue weighted by Crippen LogP contribution is -2.41. The molecule has 9 heteroatoms. The van der Waals surface area contributed by atoms with Crippen LogP contribution in [0.4, 0.5) is 5.13 Å². The van der Waals surface area contributed by atoms with Gasteiger partial charge in [-0.3, -0.25) is 4.79 Å². The van der Waals surface area contributed by atoms with Gasteiger partial charge in [-0.05, 0) is 67.6 Å². The number of carbonyl (C=O) groups excluding carboxylic acids is 1. The van der Waals surface area contributed by atoms with E-state index in [0.29, 0.717) is 41.0 Å². The van der Waals surface area contributed by atoms with Crippen molar-refractivity contribution in [2.24, 2.45) is 5.92 Å². The summed E-state index contributed by atoms with van der Waals surface area (Å²) in [7, 11) is -3.56. The number of anilines is 1. The molecule has 1 aromatic heterocycles. The first-order valence-electron chi connectivity index (χ1n) is 10.8. The van der Waals surface area contributed by atoms with E-state index in [9.17, 15) is 13.2 Å². The largest absolute Gasteiger partial charge is 0.302 e. The highest BCUT2D eigenvalue weighted by atomic mass is 35.5. The lowest BCUT2D eigenvalue weighted by atomic mass is 9.97. The summed E-state index contributed by atoms with van der Waals surface area (Å²) in [5, 5.41) is 4.17. The second kappa shape index (κ2) is 9.93. The van der Waals surface area contributed by atoms with Gasteiger partial charge in [-0.2, -0.15) is 4.31 Å². The Morgan fingerprint density at radius 2 is 1.82 bits per heavy atom. The molecule has 0 atom stereocenters. The lowest BCUT2D eigenvalue weighted by Gasteiger charge is -2.30. The maximum Gasteiger partial charge on any atom is 0.243 e. The number of hydrogen-bond donors (Lipinski definition) is 1. The third-order valence-electron chi connectivity index (χ3n) is 6.02. The van der Waals surface area contributed by atoms with Gasteiger partial charge in [0.05, 0.1) is 4.90 Å². The average molecular weight is 504 g/mol. The van der Waals surface area contributed by atoms with Crippen molar-refractivity contribution in [1.29, 1.82) is 0 Å². The molecule has 0 aliphatic carbocycles. The molecule has 4 rings (SSSR count).